The highest BCUT2D eigenvalue weighted by Gasteiger charge is 2.05. The topological polar surface area (TPSA) is 49.9 Å². The molecule has 18 heavy (non-hydrogen) atoms. The van der Waals surface area contributed by atoms with E-state index in [-0.39, 0.29) is 11.7 Å². The fourth-order valence-electron chi connectivity index (χ4n) is 1.74. The summed E-state index contributed by atoms with van der Waals surface area (Å²) in [6.07, 6.45) is 0.418. The van der Waals surface area contributed by atoms with E-state index in [0.717, 1.165) is 15.6 Å². The van der Waals surface area contributed by atoms with E-state index in [2.05, 4.69) is 15.9 Å². The zero-order chi connectivity index (χ0) is 13.1. The Labute approximate surface area is 113 Å². The average molecular weight is 307 g/mol. The summed E-state index contributed by atoms with van der Waals surface area (Å²) in [5.74, 6) is -0.131. The van der Waals surface area contributed by atoms with E-state index in [1.165, 1.54) is 6.07 Å². The Bertz CT molecular complexity index is 579. The van der Waals surface area contributed by atoms with Crippen LogP contribution >= 0.6 is 15.9 Å². The zero-order valence-corrected chi connectivity index (χ0v) is 11.2. The fraction of sp³-hybridized carbons (Fsp3) is 0.0714. The van der Waals surface area contributed by atoms with Crippen LogP contribution in [0.2, 0.25) is 0 Å². The maximum Gasteiger partial charge on any atom is 0.131 e. The van der Waals surface area contributed by atoms with Crippen molar-refractivity contribution >= 4 is 21.8 Å². The van der Waals surface area contributed by atoms with Crippen LogP contribution in [0.25, 0.3) is 11.1 Å². The van der Waals surface area contributed by atoms with E-state index in [4.69, 9.17) is 11.1 Å². The predicted octanol–water partition coefficient (Wildman–Crippen LogP) is 3.73. The van der Waals surface area contributed by atoms with Crippen LogP contribution in [0, 0.1) is 11.2 Å². The Morgan fingerprint density at radius 3 is 2.44 bits per heavy atom. The van der Waals surface area contributed by atoms with Crippen molar-refractivity contribution in [3.8, 4) is 11.1 Å². The summed E-state index contributed by atoms with van der Waals surface area (Å²) < 4.78 is 14.5. The van der Waals surface area contributed by atoms with Gasteiger partial charge in [-0.1, -0.05) is 40.2 Å². The van der Waals surface area contributed by atoms with Crippen LogP contribution in [0.3, 0.4) is 0 Å². The van der Waals surface area contributed by atoms with E-state index >= 15 is 0 Å². The number of hydrogen-bond acceptors (Lipinski definition) is 1. The number of nitrogens with two attached hydrogens (primary N) is 1. The van der Waals surface area contributed by atoms with Crippen molar-refractivity contribution in [3.05, 3.63) is 58.3 Å². The second kappa shape index (κ2) is 5.31. The highest BCUT2D eigenvalue weighted by molar-refractivity contribution is 9.10. The maximum absolute atomic E-state index is 13.7. The molecule has 0 amide bonds. The van der Waals surface area contributed by atoms with Crippen LogP contribution in [0.4, 0.5) is 4.39 Å². The Morgan fingerprint density at radius 1 is 1.17 bits per heavy atom. The quantitative estimate of drug-likeness (QED) is 0.659. The lowest BCUT2D eigenvalue weighted by atomic mass is 10.0. The minimum absolute atomic E-state index is 0.122. The minimum atomic E-state index is -0.252. The molecule has 0 aliphatic heterocycles. The molecule has 2 nitrogen and oxygen atoms in total. The summed E-state index contributed by atoms with van der Waals surface area (Å²) >= 11 is 3.33. The second-order valence-electron chi connectivity index (χ2n) is 4.02. The molecule has 0 spiro atoms. The van der Waals surface area contributed by atoms with Crippen LogP contribution in [-0.2, 0) is 6.42 Å². The van der Waals surface area contributed by atoms with Crippen LogP contribution in [0.15, 0.2) is 46.9 Å². The fourth-order valence-corrected chi connectivity index (χ4v) is 2.10. The number of halogens is 2. The first-order chi connectivity index (χ1) is 8.56. The van der Waals surface area contributed by atoms with Gasteiger partial charge >= 0.3 is 0 Å². The molecular formula is C14H12BrFN2. The Morgan fingerprint density at radius 2 is 1.83 bits per heavy atom. The third-order valence-corrected chi connectivity index (χ3v) is 3.08. The molecule has 0 unspecified atom stereocenters. The third-order valence-electron chi connectivity index (χ3n) is 2.59. The first-order valence-corrected chi connectivity index (χ1v) is 6.23. The van der Waals surface area contributed by atoms with Gasteiger partial charge in [0.15, 0.2) is 0 Å². The number of hydrogen-bond donors (Lipinski definition) is 2. The molecule has 0 fully saturated rings. The van der Waals surface area contributed by atoms with Gasteiger partial charge in [0.05, 0.1) is 5.84 Å². The number of benzene rings is 2. The van der Waals surface area contributed by atoms with Crippen LogP contribution in [0.5, 0.6) is 0 Å². The predicted molar refractivity (Wildman–Crippen MR) is 75.2 cm³/mol. The molecular weight excluding hydrogens is 295 g/mol. The normalized spacial score (nSPS) is 10.3. The van der Waals surface area contributed by atoms with Crippen molar-refractivity contribution < 1.29 is 4.39 Å². The van der Waals surface area contributed by atoms with Gasteiger partial charge < -0.3 is 5.73 Å². The lowest BCUT2D eigenvalue weighted by Crippen LogP contribution is -2.12. The van der Waals surface area contributed by atoms with E-state index < -0.39 is 0 Å². The smallest absolute Gasteiger partial charge is 0.131 e. The average Bonchev–Trinajstić information content (AvgIpc) is 2.33. The Kier molecular flexibility index (Phi) is 3.77. The molecule has 2 rings (SSSR count). The monoisotopic (exact) mass is 306 g/mol. The molecule has 4 heteroatoms. The van der Waals surface area contributed by atoms with Gasteiger partial charge in [-0.3, -0.25) is 5.41 Å². The molecule has 0 aromatic heterocycles. The summed E-state index contributed by atoms with van der Waals surface area (Å²) in [5.41, 5.74) is 7.64. The second-order valence-corrected chi connectivity index (χ2v) is 4.94. The summed E-state index contributed by atoms with van der Waals surface area (Å²) in [6.45, 7) is 0. The summed E-state index contributed by atoms with van der Waals surface area (Å²) in [6, 6.07) is 12.2. The van der Waals surface area contributed by atoms with Crippen molar-refractivity contribution in [1.82, 2.24) is 0 Å². The van der Waals surface area contributed by atoms with E-state index in [9.17, 15) is 4.39 Å². The molecule has 0 aliphatic rings. The number of rotatable bonds is 3. The molecule has 3 N–H and O–H groups in total. The van der Waals surface area contributed by atoms with Crippen molar-refractivity contribution in [2.75, 3.05) is 0 Å². The molecule has 0 heterocycles. The van der Waals surface area contributed by atoms with Crippen LogP contribution in [0.1, 0.15) is 5.56 Å². The highest BCUT2D eigenvalue weighted by Crippen LogP contribution is 2.26. The minimum Gasteiger partial charge on any atom is -0.387 e. The van der Waals surface area contributed by atoms with Gasteiger partial charge in [-0.05, 0) is 29.3 Å². The standard InChI is InChI=1S/C14H12BrFN2/c15-11-5-6-13(16)12(8-11)10-3-1-9(2-4-10)7-14(17)18/h1-6,8H,7H2,(H3,17,18). The van der Waals surface area contributed by atoms with Crippen molar-refractivity contribution in [1.29, 1.82) is 5.41 Å². The SMILES string of the molecule is N=C(N)Cc1ccc(-c2cc(Br)ccc2F)cc1. The lowest BCUT2D eigenvalue weighted by Gasteiger charge is -2.06. The molecule has 2 aromatic rings. The summed E-state index contributed by atoms with van der Waals surface area (Å²) in [7, 11) is 0. The van der Waals surface area contributed by atoms with Gasteiger partial charge in [0.25, 0.3) is 0 Å². The summed E-state index contributed by atoms with van der Waals surface area (Å²) in [5, 5.41) is 7.22. The number of nitrogens with one attached hydrogen (secondary N) is 1. The van der Waals surface area contributed by atoms with Crippen molar-refractivity contribution in [3.63, 3.8) is 0 Å². The van der Waals surface area contributed by atoms with Gasteiger partial charge in [-0.2, -0.15) is 0 Å². The van der Waals surface area contributed by atoms with E-state index in [1.54, 1.807) is 12.1 Å². The van der Waals surface area contributed by atoms with E-state index in [0.29, 0.717) is 12.0 Å². The molecule has 0 radical (unpaired) electrons. The van der Waals surface area contributed by atoms with Gasteiger partial charge in [0, 0.05) is 16.5 Å². The molecule has 0 aliphatic carbocycles. The van der Waals surface area contributed by atoms with Crippen molar-refractivity contribution in [2.24, 2.45) is 5.73 Å². The molecule has 92 valence electrons. The van der Waals surface area contributed by atoms with E-state index in [1.807, 2.05) is 24.3 Å². The molecule has 0 bridgehead atoms. The van der Waals surface area contributed by atoms with Crippen LogP contribution < -0.4 is 5.73 Å². The molecule has 2 aromatic carbocycles. The number of amidine groups is 1. The molecule has 0 saturated carbocycles. The Hall–Kier alpha value is -1.68. The first kappa shape index (κ1) is 12.8. The molecule has 0 saturated heterocycles. The zero-order valence-electron chi connectivity index (χ0n) is 9.58. The van der Waals surface area contributed by atoms with Gasteiger partial charge in [0.1, 0.15) is 5.82 Å². The lowest BCUT2D eigenvalue weighted by molar-refractivity contribution is 0.631. The van der Waals surface area contributed by atoms with Gasteiger partial charge in [-0.15, -0.1) is 0 Å². The largest absolute Gasteiger partial charge is 0.387 e. The first-order valence-electron chi connectivity index (χ1n) is 5.43. The Balaban J connectivity index is 2.34. The van der Waals surface area contributed by atoms with Crippen molar-refractivity contribution in [2.45, 2.75) is 6.42 Å². The highest BCUT2D eigenvalue weighted by atomic mass is 79.9. The summed E-state index contributed by atoms with van der Waals surface area (Å²) in [4.78, 5) is 0. The maximum atomic E-state index is 13.7. The molecule has 0 atom stereocenters. The van der Waals surface area contributed by atoms with Gasteiger partial charge in [0.2, 0.25) is 0 Å². The van der Waals surface area contributed by atoms with Crippen LogP contribution in [-0.4, -0.2) is 5.84 Å². The van der Waals surface area contributed by atoms with Gasteiger partial charge in [-0.25, -0.2) is 4.39 Å². The third kappa shape index (κ3) is 2.96.